The normalized spacial score (nSPS) is 21.4. The number of aliphatic hydroxyl groups excluding tert-OH is 1. The van der Waals surface area contributed by atoms with Crippen LogP contribution in [0.4, 0.5) is 0 Å². The average molecular weight is 672 g/mol. The third-order valence-electron chi connectivity index (χ3n) is 7.17. The molecule has 200 valence electrons. The van der Waals surface area contributed by atoms with Crippen LogP contribution in [0.25, 0.3) is 0 Å². The van der Waals surface area contributed by atoms with Gasteiger partial charge in [-0.2, -0.15) is 0 Å². The van der Waals surface area contributed by atoms with E-state index in [2.05, 4.69) is 61.1 Å². The molecule has 0 amide bonds. The maximum atomic E-state index is 12.5. The van der Waals surface area contributed by atoms with Gasteiger partial charge >= 0.3 is 5.69 Å². The minimum absolute atomic E-state index is 0.0617. The summed E-state index contributed by atoms with van der Waals surface area (Å²) in [7, 11) is 0. The van der Waals surface area contributed by atoms with Gasteiger partial charge < -0.3 is 14.6 Å². The molecule has 39 heavy (non-hydrogen) atoms. The highest BCUT2D eigenvalue weighted by atomic mass is 79.9. The summed E-state index contributed by atoms with van der Waals surface area (Å²) < 4.78 is 16.3. The maximum Gasteiger partial charge on any atom is 0.330 e. The molecule has 10 heteroatoms. The summed E-state index contributed by atoms with van der Waals surface area (Å²) in [6.07, 6.45) is -0.640. The smallest absolute Gasteiger partial charge is 0.330 e. The van der Waals surface area contributed by atoms with Crippen molar-refractivity contribution >= 4 is 43.6 Å². The highest BCUT2D eigenvalue weighted by molar-refractivity contribution is 9.10. The van der Waals surface area contributed by atoms with E-state index < -0.39 is 35.3 Å². The Morgan fingerprint density at radius 3 is 2.33 bits per heavy atom. The SMILES string of the molecule is Cc1cn([C@H]2C[C@H](O)[C@@H](COC3(c4ccccc4)c4cc(Br)ccc4Sc4ccc(Br)cc43)O2)c(=O)[nH]c1=O. The van der Waals surface area contributed by atoms with Crippen molar-refractivity contribution in [1.29, 1.82) is 0 Å². The van der Waals surface area contributed by atoms with Crippen LogP contribution in [-0.2, 0) is 15.1 Å². The van der Waals surface area contributed by atoms with E-state index in [1.807, 2.05) is 42.5 Å². The number of rotatable bonds is 5. The van der Waals surface area contributed by atoms with Gasteiger partial charge in [-0.15, -0.1) is 0 Å². The topological polar surface area (TPSA) is 93.6 Å². The second-order valence-electron chi connectivity index (χ2n) is 9.65. The van der Waals surface area contributed by atoms with E-state index in [4.69, 9.17) is 9.47 Å². The summed E-state index contributed by atoms with van der Waals surface area (Å²) in [5.74, 6) is 0. The van der Waals surface area contributed by atoms with Gasteiger partial charge in [-0.25, -0.2) is 4.79 Å². The first kappa shape index (κ1) is 26.7. The van der Waals surface area contributed by atoms with Crippen LogP contribution in [-0.4, -0.2) is 33.5 Å². The lowest BCUT2D eigenvalue weighted by atomic mass is 9.79. The first-order valence-electron chi connectivity index (χ1n) is 12.4. The molecule has 7 nitrogen and oxygen atoms in total. The summed E-state index contributed by atoms with van der Waals surface area (Å²) in [4.78, 5) is 28.8. The minimum Gasteiger partial charge on any atom is -0.390 e. The number of aromatic amines is 1. The van der Waals surface area contributed by atoms with E-state index in [9.17, 15) is 14.7 Å². The number of halogens is 2. The van der Waals surface area contributed by atoms with Gasteiger partial charge in [0, 0.05) is 48.0 Å². The van der Waals surface area contributed by atoms with Crippen LogP contribution in [0.2, 0.25) is 0 Å². The summed E-state index contributed by atoms with van der Waals surface area (Å²) in [5, 5.41) is 11.0. The largest absolute Gasteiger partial charge is 0.390 e. The zero-order valence-corrected chi connectivity index (χ0v) is 24.8. The molecule has 1 aromatic heterocycles. The molecular weight excluding hydrogens is 648 g/mol. The third-order valence-corrected chi connectivity index (χ3v) is 9.30. The Hall–Kier alpha value is -2.47. The van der Waals surface area contributed by atoms with Crippen LogP contribution in [0.15, 0.2) is 101 Å². The molecule has 0 bridgehead atoms. The number of aromatic nitrogens is 2. The fourth-order valence-electron chi connectivity index (χ4n) is 5.26. The van der Waals surface area contributed by atoms with Crippen molar-refractivity contribution in [3.63, 3.8) is 0 Å². The van der Waals surface area contributed by atoms with Gasteiger partial charge in [0.1, 0.15) is 17.9 Å². The van der Waals surface area contributed by atoms with E-state index in [1.165, 1.54) is 10.8 Å². The number of aryl methyl sites for hydroxylation is 1. The van der Waals surface area contributed by atoms with E-state index in [0.717, 1.165) is 35.4 Å². The van der Waals surface area contributed by atoms with Gasteiger partial charge in [-0.3, -0.25) is 14.3 Å². The molecular formula is C29H24Br2N2O5S. The Balaban J connectivity index is 1.42. The number of H-pyrrole nitrogens is 1. The molecule has 6 rings (SSSR count). The zero-order chi connectivity index (χ0) is 27.3. The number of aliphatic hydroxyl groups is 1. The fourth-order valence-corrected chi connectivity index (χ4v) is 7.12. The molecule has 0 unspecified atom stereocenters. The number of nitrogens with zero attached hydrogens (tertiary/aromatic N) is 1. The molecule has 3 atom stereocenters. The van der Waals surface area contributed by atoms with Crippen molar-refractivity contribution in [2.45, 2.75) is 47.2 Å². The molecule has 3 heterocycles. The molecule has 0 aliphatic carbocycles. The van der Waals surface area contributed by atoms with E-state index in [1.54, 1.807) is 18.7 Å². The average Bonchev–Trinajstić information content (AvgIpc) is 3.29. The first-order valence-corrected chi connectivity index (χ1v) is 14.8. The van der Waals surface area contributed by atoms with Crippen LogP contribution >= 0.6 is 43.6 Å². The second-order valence-corrected chi connectivity index (χ2v) is 12.6. The highest BCUT2D eigenvalue weighted by Gasteiger charge is 2.46. The lowest BCUT2D eigenvalue weighted by molar-refractivity contribution is -0.0958. The van der Waals surface area contributed by atoms with Crippen molar-refractivity contribution < 1.29 is 14.6 Å². The molecule has 0 spiro atoms. The molecule has 1 saturated heterocycles. The first-order chi connectivity index (χ1) is 18.8. The number of ether oxygens (including phenoxy) is 2. The van der Waals surface area contributed by atoms with Crippen molar-refractivity contribution in [2.24, 2.45) is 0 Å². The zero-order valence-electron chi connectivity index (χ0n) is 20.8. The van der Waals surface area contributed by atoms with Crippen molar-refractivity contribution in [2.75, 3.05) is 6.61 Å². The number of hydrogen-bond donors (Lipinski definition) is 2. The van der Waals surface area contributed by atoms with E-state index >= 15 is 0 Å². The summed E-state index contributed by atoms with van der Waals surface area (Å²) in [6, 6.07) is 22.4. The lowest BCUT2D eigenvalue weighted by Crippen LogP contribution is -2.40. The van der Waals surface area contributed by atoms with Crippen LogP contribution < -0.4 is 11.2 Å². The Labute approximate surface area is 245 Å². The Morgan fingerprint density at radius 1 is 1.05 bits per heavy atom. The lowest BCUT2D eigenvalue weighted by Gasteiger charge is -2.41. The summed E-state index contributed by atoms with van der Waals surface area (Å²) in [5.41, 5.74) is 1.29. The quantitative estimate of drug-likeness (QED) is 0.292. The predicted molar refractivity (Wildman–Crippen MR) is 155 cm³/mol. The Bertz CT molecular complexity index is 1620. The van der Waals surface area contributed by atoms with Crippen molar-refractivity contribution in [3.05, 3.63) is 125 Å². The van der Waals surface area contributed by atoms with Gasteiger partial charge in [0.05, 0.1) is 12.7 Å². The summed E-state index contributed by atoms with van der Waals surface area (Å²) in [6.45, 7) is 1.68. The fraction of sp³-hybridized carbons (Fsp3) is 0.241. The second kappa shape index (κ2) is 10.5. The molecule has 3 aromatic carbocycles. The van der Waals surface area contributed by atoms with Gasteiger partial charge in [0.2, 0.25) is 0 Å². The molecule has 1 fully saturated rings. The van der Waals surface area contributed by atoms with Crippen molar-refractivity contribution in [1.82, 2.24) is 9.55 Å². The number of fused-ring (bicyclic) bond motifs is 2. The van der Waals surface area contributed by atoms with Gasteiger partial charge in [0.25, 0.3) is 5.56 Å². The van der Waals surface area contributed by atoms with Gasteiger partial charge in [-0.1, -0.05) is 74.0 Å². The minimum atomic E-state index is -0.989. The van der Waals surface area contributed by atoms with Crippen molar-refractivity contribution in [3.8, 4) is 0 Å². The number of hydrogen-bond acceptors (Lipinski definition) is 6. The molecule has 2 aliphatic heterocycles. The Kier molecular flexibility index (Phi) is 7.20. The molecule has 2 N–H and O–H groups in total. The highest BCUT2D eigenvalue weighted by Crippen LogP contribution is 2.54. The predicted octanol–water partition coefficient (Wildman–Crippen LogP) is 5.49. The molecule has 4 aromatic rings. The Morgan fingerprint density at radius 2 is 1.69 bits per heavy atom. The van der Waals surface area contributed by atoms with Crippen LogP contribution in [0.3, 0.4) is 0 Å². The summed E-state index contributed by atoms with van der Waals surface area (Å²) >= 11 is 8.99. The number of benzene rings is 3. The molecule has 0 saturated carbocycles. The standard InChI is InChI=1S/C29H24Br2N2O5S/c1-16-14-33(28(36)32-27(16)35)26-13-22(34)23(38-26)15-37-29(17-5-3-2-4-6-17)20-11-18(30)7-9-24(20)39-25-10-8-19(31)12-21(25)29/h2-12,14,22-23,26,34H,13,15H2,1H3,(H,32,35,36)/t22-,23+,26+/m0/s1. The number of nitrogens with one attached hydrogen (secondary N) is 1. The van der Waals surface area contributed by atoms with Crippen LogP contribution in [0.1, 0.15) is 34.9 Å². The van der Waals surface area contributed by atoms with Gasteiger partial charge in [-0.05, 0) is 48.9 Å². The van der Waals surface area contributed by atoms with Crippen LogP contribution in [0, 0.1) is 6.92 Å². The third kappa shape index (κ3) is 4.77. The van der Waals surface area contributed by atoms with Gasteiger partial charge in [0.15, 0.2) is 0 Å². The monoisotopic (exact) mass is 670 g/mol. The molecule has 2 aliphatic rings. The maximum absolute atomic E-state index is 12.5. The van der Waals surface area contributed by atoms with E-state index in [-0.39, 0.29) is 13.0 Å². The molecule has 0 radical (unpaired) electrons. The van der Waals surface area contributed by atoms with E-state index in [0.29, 0.717) is 5.56 Å². The van der Waals surface area contributed by atoms with Crippen LogP contribution in [0.5, 0.6) is 0 Å².